The van der Waals surface area contributed by atoms with E-state index >= 15 is 0 Å². The van der Waals surface area contributed by atoms with Crippen molar-refractivity contribution in [3.05, 3.63) is 142 Å². The third-order valence-electron chi connectivity index (χ3n) is 7.34. The molecule has 0 saturated carbocycles. The molecule has 2 nitrogen and oxygen atoms in total. The van der Waals surface area contributed by atoms with E-state index in [1.807, 2.05) is 24.3 Å². The highest BCUT2D eigenvalue weighted by Crippen LogP contribution is 2.54. The topological polar surface area (TPSA) is 34.1 Å². The Balaban J connectivity index is 1.77. The summed E-state index contributed by atoms with van der Waals surface area (Å²) in [5.41, 5.74) is 3.64. The highest BCUT2D eigenvalue weighted by molar-refractivity contribution is 6.14. The van der Waals surface area contributed by atoms with Crippen molar-refractivity contribution in [3.8, 4) is 0 Å². The summed E-state index contributed by atoms with van der Waals surface area (Å²) >= 11 is 0. The number of hydrogen-bond donors (Lipinski definition) is 0. The first-order valence-corrected chi connectivity index (χ1v) is 12.0. The molecule has 4 aromatic carbocycles. The van der Waals surface area contributed by atoms with Gasteiger partial charge in [-0.3, -0.25) is 9.59 Å². The van der Waals surface area contributed by atoms with Crippen LogP contribution in [0.15, 0.2) is 91.0 Å². The van der Waals surface area contributed by atoms with E-state index in [1.54, 1.807) is 6.07 Å². The van der Waals surface area contributed by atoms with Gasteiger partial charge in [-0.05, 0) is 89.2 Å². The van der Waals surface area contributed by atoms with Crippen molar-refractivity contribution in [2.24, 2.45) is 0 Å². The molecule has 4 heteroatoms. The summed E-state index contributed by atoms with van der Waals surface area (Å²) in [5, 5.41) is 0. The van der Waals surface area contributed by atoms with Gasteiger partial charge in [0, 0.05) is 27.7 Å². The van der Waals surface area contributed by atoms with Crippen LogP contribution >= 0.6 is 0 Å². The summed E-state index contributed by atoms with van der Waals surface area (Å²) in [6.07, 6.45) is 0.747. The Morgan fingerprint density at radius 2 is 1.19 bits per heavy atom. The molecule has 1 aliphatic rings. The molecule has 1 unspecified atom stereocenters. The quantitative estimate of drug-likeness (QED) is 0.279. The maximum absolute atomic E-state index is 13.8. The maximum atomic E-state index is 13.8. The lowest BCUT2D eigenvalue weighted by molar-refractivity contribution is 0.103. The molecule has 0 fully saturated rings. The molecule has 4 aromatic rings. The normalized spacial score (nSPS) is 18.0. The third-order valence-corrected chi connectivity index (χ3v) is 7.34. The Bertz CT molecular complexity index is 1470. The smallest absolute Gasteiger partial charge is 0.193 e. The second-order valence-electron chi connectivity index (χ2n) is 10.4. The number of fused-ring (bicyclic) bond motifs is 1. The van der Waals surface area contributed by atoms with Gasteiger partial charge in [-0.25, -0.2) is 8.78 Å². The lowest BCUT2D eigenvalue weighted by atomic mass is 9.75. The Hall–Kier alpha value is -3.92. The predicted octanol–water partition coefficient (Wildman–Crippen LogP) is 7.41. The monoisotopic (exact) mass is 480 g/mol. The molecule has 1 aliphatic carbocycles. The van der Waals surface area contributed by atoms with Crippen molar-refractivity contribution < 1.29 is 18.4 Å². The first kappa shape index (κ1) is 23.8. The van der Waals surface area contributed by atoms with Crippen LogP contribution in [-0.4, -0.2) is 11.6 Å². The second-order valence-corrected chi connectivity index (χ2v) is 10.4. The van der Waals surface area contributed by atoms with E-state index in [0.717, 1.165) is 23.1 Å². The average Bonchev–Trinajstić information content (AvgIpc) is 3.10. The van der Waals surface area contributed by atoms with Gasteiger partial charge in [-0.2, -0.15) is 0 Å². The van der Waals surface area contributed by atoms with E-state index in [4.69, 9.17) is 0 Å². The van der Waals surface area contributed by atoms with Crippen LogP contribution in [-0.2, 0) is 10.8 Å². The minimum Gasteiger partial charge on any atom is -0.289 e. The SMILES string of the molecule is CC1(C)CC(C)(c2ccccc2)c2cc(C(=O)c3ccc(F)cc3)cc(C(=O)c3ccc(F)cc3)c21. The van der Waals surface area contributed by atoms with Crippen LogP contribution in [0.1, 0.15) is 75.7 Å². The first-order valence-electron chi connectivity index (χ1n) is 12.0. The van der Waals surface area contributed by atoms with Crippen LogP contribution in [0.3, 0.4) is 0 Å². The molecule has 0 bridgehead atoms. The molecular weight excluding hydrogens is 454 g/mol. The fourth-order valence-electron chi connectivity index (χ4n) is 5.77. The van der Waals surface area contributed by atoms with Crippen LogP contribution in [0.4, 0.5) is 8.78 Å². The minimum atomic E-state index is -0.434. The molecule has 1 atom stereocenters. The molecule has 0 radical (unpaired) electrons. The fraction of sp³-hybridized carbons (Fsp3) is 0.188. The zero-order valence-electron chi connectivity index (χ0n) is 20.4. The van der Waals surface area contributed by atoms with Gasteiger partial charge >= 0.3 is 0 Å². The molecule has 0 heterocycles. The number of hydrogen-bond acceptors (Lipinski definition) is 2. The fourth-order valence-corrected chi connectivity index (χ4v) is 5.77. The Morgan fingerprint density at radius 3 is 1.75 bits per heavy atom. The number of halogens is 2. The van der Waals surface area contributed by atoms with Crippen LogP contribution in [0.25, 0.3) is 0 Å². The average molecular weight is 481 g/mol. The van der Waals surface area contributed by atoms with E-state index in [9.17, 15) is 18.4 Å². The van der Waals surface area contributed by atoms with Gasteiger partial charge < -0.3 is 0 Å². The molecule has 180 valence electrons. The van der Waals surface area contributed by atoms with Crippen LogP contribution in [0.2, 0.25) is 0 Å². The van der Waals surface area contributed by atoms with E-state index in [2.05, 4.69) is 32.9 Å². The van der Waals surface area contributed by atoms with Gasteiger partial charge in [0.15, 0.2) is 11.6 Å². The van der Waals surface area contributed by atoms with Gasteiger partial charge in [-0.15, -0.1) is 0 Å². The minimum absolute atomic E-state index is 0.259. The summed E-state index contributed by atoms with van der Waals surface area (Å²) in [5.74, 6) is -1.39. The zero-order chi connectivity index (χ0) is 25.7. The van der Waals surface area contributed by atoms with Gasteiger partial charge in [0.2, 0.25) is 0 Å². The van der Waals surface area contributed by atoms with E-state index in [0.29, 0.717) is 22.3 Å². The van der Waals surface area contributed by atoms with Crippen molar-refractivity contribution in [1.29, 1.82) is 0 Å². The standard InChI is InChI=1S/C32H26F2O2/c1-31(2)19-32(3,23-7-5-4-6-8-23)27-18-22(29(35)20-9-13-24(33)14-10-20)17-26(28(27)31)30(36)21-11-15-25(34)16-12-21/h4-18H,19H2,1-3H3. The summed E-state index contributed by atoms with van der Waals surface area (Å²) in [6, 6.07) is 24.5. The second kappa shape index (κ2) is 8.63. The lowest BCUT2D eigenvalue weighted by Gasteiger charge is -2.28. The van der Waals surface area contributed by atoms with Gasteiger partial charge in [0.05, 0.1) is 0 Å². The molecule has 0 amide bonds. The van der Waals surface area contributed by atoms with Crippen LogP contribution in [0, 0.1) is 11.6 Å². The Morgan fingerprint density at radius 1 is 0.667 bits per heavy atom. The summed E-state index contributed by atoms with van der Waals surface area (Å²) in [4.78, 5) is 27.4. The first-order chi connectivity index (χ1) is 17.1. The molecule has 0 spiro atoms. The van der Waals surface area contributed by atoms with Crippen LogP contribution < -0.4 is 0 Å². The number of carbonyl (C=O) groups is 2. The maximum Gasteiger partial charge on any atom is 0.193 e. The molecule has 36 heavy (non-hydrogen) atoms. The predicted molar refractivity (Wildman–Crippen MR) is 137 cm³/mol. The lowest BCUT2D eigenvalue weighted by Crippen LogP contribution is -2.23. The zero-order valence-corrected chi connectivity index (χ0v) is 20.4. The molecule has 0 N–H and O–H groups in total. The highest BCUT2D eigenvalue weighted by Gasteiger charge is 2.48. The molecule has 0 aromatic heterocycles. The van der Waals surface area contributed by atoms with Crippen molar-refractivity contribution in [1.82, 2.24) is 0 Å². The largest absolute Gasteiger partial charge is 0.289 e. The molecular formula is C32H26F2O2. The summed E-state index contributed by atoms with van der Waals surface area (Å²) in [7, 11) is 0. The Labute approximate surface area is 209 Å². The van der Waals surface area contributed by atoms with Gasteiger partial charge in [0.1, 0.15) is 11.6 Å². The van der Waals surface area contributed by atoms with Crippen LogP contribution in [0.5, 0.6) is 0 Å². The summed E-state index contributed by atoms with van der Waals surface area (Å²) in [6.45, 7) is 6.38. The van der Waals surface area contributed by atoms with Crippen molar-refractivity contribution in [3.63, 3.8) is 0 Å². The Kier molecular flexibility index (Phi) is 5.71. The van der Waals surface area contributed by atoms with Crippen molar-refractivity contribution in [2.45, 2.75) is 38.0 Å². The van der Waals surface area contributed by atoms with Crippen molar-refractivity contribution in [2.75, 3.05) is 0 Å². The van der Waals surface area contributed by atoms with E-state index in [1.165, 1.54) is 48.5 Å². The number of rotatable bonds is 5. The van der Waals surface area contributed by atoms with E-state index in [-0.39, 0.29) is 17.0 Å². The molecule has 0 aliphatic heterocycles. The molecule has 0 saturated heterocycles. The van der Waals surface area contributed by atoms with Gasteiger partial charge in [0.25, 0.3) is 0 Å². The molecule has 5 rings (SSSR count). The third kappa shape index (κ3) is 3.97. The number of ketones is 2. The highest BCUT2D eigenvalue weighted by atomic mass is 19.1. The number of carbonyl (C=O) groups excluding carboxylic acids is 2. The van der Waals surface area contributed by atoms with Gasteiger partial charge in [-0.1, -0.05) is 51.1 Å². The van der Waals surface area contributed by atoms with Crippen molar-refractivity contribution >= 4 is 11.6 Å². The van der Waals surface area contributed by atoms with E-state index < -0.39 is 17.0 Å². The summed E-state index contributed by atoms with van der Waals surface area (Å²) < 4.78 is 27.1. The number of benzene rings is 4.